The average molecular weight is 337 g/mol. The summed E-state index contributed by atoms with van der Waals surface area (Å²) in [6.07, 6.45) is 3.85. The summed E-state index contributed by atoms with van der Waals surface area (Å²) in [4.78, 5) is 21.9. The fourth-order valence-corrected chi connectivity index (χ4v) is 3.06. The predicted octanol–water partition coefficient (Wildman–Crippen LogP) is 2.81. The Morgan fingerprint density at radius 2 is 2.20 bits per heavy atom. The topological polar surface area (TPSA) is 81.9 Å². The van der Waals surface area contributed by atoms with Gasteiger partial charge >= 0.3 is 0 Å². The molecular weight excluding hydrogens is 318 g/mol. The van der Waals surface area contributed by atoms with E-state index in [1.54, 1.807) is 30.1 Å². The number of anilines is 1. The third-order valence-corrected chi connectivity index (χ3v) is 4.45. The highest BCUT2D eigenvalue weighted by Crippen LogP contribution is 2.40. The Balaban J connectivity index is 1.80. The molecule has 1 fully saturated rings. The minimum Gasteiger partial charge on any atom is -0.493 e. The van der Waals surface area contributed by atoms with Crippen LogP contribution in [0.25, 0.3) is 11.0 Å². The number of hydrogen-bond donors (Lipinski definition) is 1. The molecule has 0 atom stereocenters. The van der Waals surface area contributed by atoms with Crippen molar-refractivity contribution in [2.45, 2.75) is 25.7 Å². The number of methoxy groups -OCH3 is 1. The predicted molar refractivity (Wildman–Crippen MR) is 94.0 cm³/mol. The number of aryl methyl sites for hydroxylation is 2. The van der Waals surface area contributed by atoms with Crippen LogP contribution in [0, 0.1) is 6.92 Å². The van der Waals surface area contributed by atoms with E-state index in [0.717, 1.165) is 35.3 Å². The van der Waals surface area contributed by atoms with Crippen LogP contribution in [0.4, 0.5) is 5.82 Å². The SMILES string of the molecule is COc1cccnc1NC(=O)c1cc(C2CC2)nc2c1c(C)nn2C. The van der Waals surface area contributed by atoms with Gasteiger partial charge in [0.05, 0.1) is 23.8 Å². The Hall–Kier alpha value is -2.96. The van der Waals surface area contributed by atoms with Crippen LogP contribution in [-0.4, -0.2) is 32.8 Å². The number of pyridine rings is 2. The van der Waals surface area contributed by atoms with Crippen molar-refractivity contribution in [1.82, 2.24) is 19.7 Å². The van der Waals surface area contributed by atoms with Gasteiger partial charge in [-0.25, -0.2) is 9.97 Å². The maximum atomic E-state index is 13.0. The van der Waals surface area contributed by atoms with E-state index in [0.29, 0.717) is 23.0 Å². The maximum absolute atomic E-state index is 13.0. The van der Waals surface area contributed by atoms with Gasteiger partial charge in [-0.15, -0.1) is 0 Å². The van der Waals surface area contributed by atoms with Crippen molar-refractivity contribution in [3.05, 3.63) is 41.3 Å². The van der Waals surface area contributed by atoms with Gasteiger partial charge in [0.15, 0.2) is 17.2 Å². The molecule has 3 aromatic rings. The highest BCUT2D eigenvalue weighted by Gasteiger charge is 2.28. The van der Waals surface area contributed by atoms with Crippen LogP contribution in [0.1, 0.15) is 40.5 Å². The fourth-order valence-electron chi connectivity index (χ4n) is 3.06. The van der Waals surface area contributed by atoms with Crippen molar-refractivity contribution in [3.8, 4) is 5.75 Å². The lowest BCUT2D eigenvalue weighted by Crippen LogP contribution is -2.15. The first kappa shape index (κ1) is 15.6. The van der Waals surface area contributed by atoms with Gasteiger partial charge in [0.2, 0.25) is 0 Å². The number of fused-ring (bicyclic) bond motifs is 1. The van der Waals surface area contributed by atoms with Crippen molar-refractivity contribution in [2.75, 3.05) is 12.4 Å². The van der Waals surface area contributed by atoms with Gasteiger partial charge < -0.3 is 10.1 Å². The average Bonchev–Trinajstić information content (AvgIpc) is 3.42. The number of ether oxygens (including phenoxy) is 1. The second-order valence-electron chi connectivity index (χ2n) is 6.28. The highest BCUT2D eigenvalue weighted by molar-refractivity contribution is 6.12. The number of rotatable bonds is 4. The largest absolute Gasteiger partial charge is 0.493 e. The zero-order valence-electron chi connectivity index (χ0n) is 14.4. The third kappa shape index (κ3) is 2.71. The van der Waals surface area contributed by atoms with Gasteiger partial charge in [0.25, 0.3) is 5.91 Å². The molecule has 1 amide bonds. The zero-order valence-corrected chi connectivity index (χ0v) is 14.4. The molecule has 0 aromatic carbocycles. The molecule has 128 valence electrons. The smallest absolute Gasteiger partial charge is 0.257 e. The summed E-state index contributed by atoms with van der Waals surface area (Å²) in [5.74, 6) is 1.12. The Kier molecular flexibility index (Phi) is 3.63. The van der Waals surface area contributed by atoms with Crippen molar-refractivity contribution >= 4 is 22.8 Å². The number of carbonyl (C=O) groups is 1. The van der Waals surface area contributed by atoms with Crippen LogP contribution in [0.5, 0.6) is 5.75 Å². The van der Waals surface area contributed by atoms with Crippen molar-refractivity contribution in [1.29, 1.82) is 0 Å². The van der Waals surface area contributed by atoms with Gasteiger partial charge in [-0.2, -0.15) is 5.10 Å². The molecule has 7 nitrogen and oxygen atoms in total. The summed E-state index contributed by atoms with van der Waals surface area (Å²) < 4.78 is 6.99. The number of hydrogen-bond acceptors (Lipinski definition) is 5. The number of amides is 1. The van der Waals surface area contributed by atoms with Gasteiger partial charge in [-0.05, 0) is 38.0 Å². The lowest BCUT2D eigenvalue weighted by atomic mass is 10.1. The van der Waals surface area contributed by atoms with E-state index in [9.17, 15) is 4.79 Å². The Morgan fingerprint density at radius 3 is 2.92 bits per heavy atom. The van der Waals surface area contributed by atoms with Crippen molar-refractivity contribution in [3.63, 3.8) is 0 Å². The summed E-state index contributed by atoms with van der Waals surface area (Å²) in [5.41, 5.74) is 3.05. The first-order valence-electron chi connectivity index (χ1n) is 8.23. The van der Waals surface area contributed by atoms with E-state index in [4.69, 9.17) is 9.72 Å². The van der Waals surface area contributed by atoms with E-state index >= 15 is 0 Å². The molecule has 1 aliphatic rings. The standard InChI is InChI=1S/C18H19N5O2/c1-10-15-12(18(24)21-16-14(25-3)5-4-8-19-16)9-13(11-6-7-11)20-17(15)23(2)22-10/h4-5,8-9,11H,6-7H2,1-3H3,(H,19,21,24). The van der Waals surface area contributed by atoms with E-state index in [1.165, 1.54) is 0 Å². The monoisotopic (exact) mass is 337 g/mol. The van der Waals surface area contributed by atoms with Crippen molar-refractivity contribution < 1.29 is 9.53 Å². The van der Waals surface area contributed by atoms with E-state index < -0.39 is 0 Å². The Morgan fingerprint density at radius 1 is 1.40 bits per heavy atom. The van der Waals surface area contributed by atoms with Gasteiger partial charge in [0.1, 0.15) is 0 Å². The molecule has 0 bridgehead atoms. The molecule has 3 aromatic heterocycles. The number of nitrogens with one attached hydrogen (secondary N) is 1. The molecular formula is C18H19N5O2. The summed E-state index contributed by atoms with van der Waals surface area (Å²) in [6, 6.07) is 5.41. The first-order chi connectivity index (χ1) is 12.1. The summed E-state index contributed by atoms with van der Waals surface area (Å²) >= 11 is 0. The summed E-state index contributed by atoms with van der Waals surface area (Å²) in [5, 5.41) is 8.06. The molecule has 4 rings (SSSR count). The molecule has 0 radical (unpaired) electrons. The number of nitrogens with zero attached hydrogens (tertiary/aromatic N) is 4. The van der Waals surface area contributed by atoms with Crippen LogP contribution < -0.4 is 10.1 Å². The normalized spacial score (nSPS) is 13.9. The van der Waals surface area contributed by atoms with E-state index in [2.05, 4.69) is 15.4 Å². The quantitative estimate of drug-likeness (QED) is 0.791. The number of aromatic nitrogens is 4. The molecule has 1 aliphatic carbocycles. The maximum Gasteiger partial charge on any atom is 0.257 e. The zero-order chi connectivity index (χ0) is 17.6. The second-order valence-corrected chi connectivity index (χ2v) is 6.28. The highest BCUT2D eigenvalue weighted by atomic mass is 16.5. The second kappa shape index (κ2) is 5.84. The van der Waals surface area contributed by atoms with E-state index in [-0.39, 0.29) is 5.91 Å². The molecule has 25 heavy (non-hydrogen) atoms. The molecule has 1 N–H and O–H groups in total. The first-order valence-corrected chi connectivity index (χ1v) is 8.23. The molecule has 0 aliphatic heterocycles. The minimum atomic E-state index is -0.234. The third-order valence-electron chi connectivity index (χ3n) is 4.45. The van der Waals surface area contributed by atoms with Crippen LogP contribution in [0.3, 0.4) is 0 Å². The van der Waals surface area contributed by atoms with E-state index in [1.807, 2.05) is 20.0 Å². The molecule has 3 heterocycles. The van der Waals surface area contributed by atoms with Gasteiger partial charge in [0, 0.05) is 24.9 Å². The molecule has 7 heteroatoms. The Labute approximate surface area is 145 Å². The van der Waals surface area contributed by atoms with Gasteiger partial charge in [-0.1, -0.05) is 0 Å². The fraction of sp³-hybridized carbons (Fsp3) is 0.333. The molecule has 0 spiro atoms. The molecule has 0 saturated heterocycles. The summed E-state index contributed by atoms with van der Waals surface area (Å²) in [6.45, 7) is 1.89. The molecule has 0 unspecified atom stereocenters. The van der Waals surface area contributed by atoms with Crippen LogP contribution in [0.2, 0.25) is 0 Å². The lowest BCUT2D eigenvalue weighted by Gasteiger charge is -2.10. The van der Waals surface area contributed by atoms with Crippen molar-refractivity contribution in [2.24, 2.45) is 7.05 Å². The van der Waals surface area contributed by atoms with Crippen LogP contribution >= 0.6 is 0 Å². The van der Waals surface area contributed by atoms with Crippen LogP contribution in [-0.2, 0) is 7.05 Å². The Bertz CT molecular complexity index is 975. The number of carbonyl (C=O) groups excluding carboxylic acids is 1. The molecule has 1 saturated carbocycles. The summed E-state index contributed by atoms with van der Waals surface area (Å²) in [7, 11) is 3.40. The van der Waals surface area contributed by atoms with Crippen LogP contribution in [0.15, 0.2) is 24.4 Å². The van der Waals surface area contributed by atoms with Gasteiger partial charge in [-0.3, -0.25) is 9.48 Å². The minimum absolute atomic E-state index is 0.234. The lowest BCUT2D eigenvalue weighted by molar-refractivity contribution is 0.102.